The van der Waals surface area contributed by atoms with Gasteiger partial charge in [0.25, 0.3) is 0 Å². The second-order valence-electron chi connectivity index (χ2n) is 4.00. The van der Waals surface area contributed by atoms with Crippen molar-refractivity contribution < 1.29 is 22.8 Å². The molecule has 19 heavy (non-hydrogen) atoms. The van der Waals surface area contributed by atoms with Crippen LogP contribution < -0.4 is 4.18 Å². The van der Waals surface area contributed by atoms with Gasteiger partial charge in [-0.1, -0.05) is 17.7 Å². The molecule has 0 aromatic heterocycles. The number of benzene rings is 2. The summed E-state index contributed by atoms with van der Waals surface area (Å²) in [6.45, 7) is 1.84. The first kappa shape index (κ1) is 13.2. The monoisotopic (exact) mass is 280 g/mol. The molecule has 5 nitrogen and oxygen atoms in total. The van der Waals surface area contributed by atoms with Gasteiger partial charge < -0.3 is 14.4 Å². The van der Waals surface area contributed by atoms with Crippen molar-refractivity contribution in [3.8, 4) is 17.2 Å². The molecule has 0 atom stereocenters. The number of hydrogen-bond acceptors (Lipinski definition) is 5. The van der Waals surface area contributed by atoms with Gasteiger partial charge >= 0.3 is 10.1 Å². The minimum absolute atomic E-state index is 0.0191. The molecule has 0 heterocycles. The maximum Gasteiger partial charge on any atom is 0.339 e. The summed E-state index contributed by atoms with van der Waals surface area (Å²) in [6, 6.07) is 9.61. The number of aryl methyl sites for hydroxylation is 1. The molecular formula is C13H12O5S. The van der Waals surface area contributed by atoms with E-state index in [0.29, 0.717) is 0 Å². The second-order valence-corrected chi connectivity index (χ2v) is 5.55. The fraction of sp³-hybridized carbons (Fsp3) is 0.0769. The summed E-state index contributed by atoms with van der Waals surface area (Å²) in [4.78, 5) is 0.0191. The molecule has 0 unspecified atom stereocenters. The molecule has 2 aromatic rings. The van der Waals surface area contributed by atoms with Gasteiger partial charge in [-0.3, -0.25) is 0 Å². The largest absolute Gasteiger partial charge is 0.504 e. The van der Waals surface area contributed by atoms with Gasteiger partial charge in [-0.25, -0.2) is 0 Å². The van der Waals surface area contributed by atoms with Crippen LogP contribution in [0.1, 0.15) is 5.56 Å². The maximum atomic E-state index is 11.9. The van der Waals surface area contributed by atoms with Crippen LogP contribution in [0.3, 0.4) is 0 Å². The van der Waals surface area contributed by atoms with E-state index in [1.54, 1.807) is 12.1 Å². The zero-order valence-electron chi connectivity index (χ0n) is 10.1. The van der Waals surface area contributed by atoms with Gasteiger partial charge in [0.2, 0.25) is 0 Å². The Morgan fingerprint density at radius 2 is 1.58 bits per heavy atom. The average Bonchev–Trinajstić information content (AvgIpc) is 2.34. The summed E-state index contributed by atoms with van der Waals surface area (Å²) in [5.41, 5.74) is 0.932. The number of rotatable bonds is 3. The first-order valence-electron chi connectivity index (χ1n) is 5.41. The van der Waals surface area contributed by atoms with Crippen molar-refractivity contribution in [1.29, 1.82) is 0 Å². The van der Waals surface area contributed by atoms with E-state index in [1.165, 1.54) is 18.2 Å². The molecule has 2 aromatic carbocycles. The van der Waals surface area contributed by atoms with E-state index in [1.807, 2.05) is 6.92 Å². The lowest BCUT2D eigenvalue weighted by molar-refractivity contribution is 0.400. The Kier molecular flexibility index (Phi) is 3.35. The summed E-state index contributed by atoms with van der Waals surface area (Å²) < 4.78 is 28.8. The quantitative estimate of drug-likeness (QED) is 0.665. The van der Waals surface area contributed by atoms with Crippen LogP contribution in [0.5, 0.6) is 17.2 Å². The van der Waals surface area contributed by atoms with Crippen molar-refractivity contribution in [1.82, 2.24) is 0 Å². The molecule has 0 fully saturated rings. The molecule has 0 radical (unpaired) electrons. The molecule has 2 N–H and O–H groups in total. The van der Waals surface area contributed by atoms with E-state index in [-0.39, 0.29) is 16.4 Å². The van der Waals surface area contributed by atoms with Crippen molar-refractivity contribution >= 4 is 10.1 Å². The highest BCUT2D eigenvalue weighted by molar-refractivity contribution is 7.87. The van der Waals surface area contributed by atoms with E-state index in [2.05, 4.69) is 0 Å². The van der Waals surface area contributed by atoms with Gasteiger partial charge in [0.05, 0.1) is 0 Å². The van der Waals surface area contributed by atoms with Crippen LogP contribution in [0.25, 0.3) is 0 Å². The zero-order valence-corrected chi connectivity index (χ0v) is 10.9. The van der Waals surface area contributed by atoms with Crippen molar-refractivity contribution in [2.24, 2.45) is 0 Å². The summed E-state index contributed by atoms with van der Waals surface area (Å²) in [5, 5.41) is 18.4. The molecule has 0 aliphatic carbocycles. The van der Waals surface area contributed by atoms with Gasteiger partial charge in [-0.05, 0) is 31.2 Å². The van der Waals surface area contributed by atoms with E-state index < -0.39 is 15.9 Å². The predicted octanol–water partition coefficient (Wildman–Crippen LogP) is 2.17. The Morgan fingerprint density at radius 1 is 0.947 bits per heavy atom. The smallest absolute Gasteiger partial charge is 0.339 e. The van der Waals surface area contributed by atoms with Gasteiger partial charge in [0.1, 0.15) is 10.6 Å². The van der Waals surface area contributed by atoms with Crippen LogP contribution in [-0.2, 0) is 10.1 Å². The molecule has 0 saturated heterocycles. The average molecular weight is 280 g/mol. The van der Waals surface area contributed by atoms with E-state index in [9.17, 15) is 13.5 Å². The van der Waals surface area contributed by atoms with E-state index in [0.717, 1.165) is 17.7 Å². The van der Waals surface area contributed by atoms with Crippen LogP contribution in [0.4, 0.5) is 0 Å². The number of phenols is 2. The van der Waals surface area contributed by atoms with Crippen LogP contribution in [0.15, 0.2) is 47.4 Å². The SMILES string of the molecule is Cc1ccc(S(=O)(=O)Oc2ccc(O)c(O)c2)cc1. The fourth-order valence-electron chi connectivity index (χ4n) is 1.43. The minimum atomic E-state index is -3.95. The summed E-state index contributed by atoms with van der Waals surface area (Å²) in [5.74, 6) is -0.868. The lowest BCUT2D eigenvalue weighted by atomic mass is 10.2. The normalized spacial score (nSPS) is 11.2. The van der Waals surface area contributed by atoms with Gasteiger partial charge in [0, 0.05) is 6.07 Å². The molecule has 0 aliphatic rings. The highest BCUT2D eigenvalue weighted by atomic mass is 32.2. The maximum absolute atomic E-state index is 11.9. The lowest BCUT2D eigenvalue weighted by Gasteiger charge is -2.08. The number of hydrogen-bond donors (Lipinski definition) is 2. The number of aromatic hydroxyl groups is 2. The van der Waals surface area contributed by atoms with Crippen molar-refractivity contribution in [3.05, 3.63) is 48.0 Å². The van der Waals surface area contributed by atoms with Gasteiger partial charge in [-0.2, -0.15) is 8.42 Å². The highest BCUT2D eigenvalue weighted by Gasteiger charge is 2.17. The van der Waals surface area contributed by atoms with E-state index >= 15 is 0 Å². The Balaban J connectivity index is 2.30. The molecule has 100 valence electrons. The van der Waals surface area contributed by atoms with Crippen molar-refractivity contribution in [2.45, 2.75) is 11.8 Å². The predicted molar refractivity (Wildman–Crippen MR) is 68.8 cm³/mol. The summed E-state index contributed by atoms with van der Waals surface area (Å²) >= 11 is 0. The van der Waals surface area contributed by atoms with Gasteiger partial charge in [0.15, 0.2) is 11.5 Å². The highest BCUT2D eigenvalue weighted by Crippen LogP contribution is 2.30. The molecule has 0 saturated carbocycles. The summed E-state index contributed by atoms with van der Waals surface area (Å²) in [7, 11) is -3.95. The standard InChI is InChI=1S/C13H12O5S/c1-9-2-5-11(6-3-9)19(16,17)18-10-4-7-12(14)13(15)8-10/h2-8,14-15H,1H3. The van der Waals surface area contributed by atoms with Gasteiger partial charge in [-0.15, -0.1) is 0 Å². The Labute approximate surface area is 110 Å². The minimum Gasteiger partial charge on any atom is -0.504 e. The molecule has 0 aliphatic heterocycles. The Morgan fingerprint density at radius 3 is 2.16 bits per heavy atom. The molecular weight excluding hydrogens is 268 g/mol. The third-order valence-electron chi connectivity index (χ3n) is 2.46. The molecule has 6 heteroatoms. The molecule has 0 amide bonds. The van der Waals surface area contributed by atoms with Crippen LogP contribution in [0, 0.1) is 6.92 Å². The third kappa shape index (κ3) is 2.97. The van der Waals surface area contributed by atoms with E-state index in [4.69, 9.17) is 9.29 Å². The van der Waals surface area contributed by atoms with Crippen molar-refractivity contribution in [2.75, 3.05) is 0 Å². The summed E-state index contributed by atoms with van der Waals surface area (Å²) in [6.07, 6.45) is 0. The first-order chi connectivity index (χ1) is 8.88. The topological polar surface area (TPSA) is 83.8 Å². The van der Waals surface area contributed by atoms with Crippen LogP contribution in [0.2, 0.25) is 0 Å². The Hall–Kier alpha value is -2.21. The number of phenolic OH excluding ortho intramolecular Hbond substituents is 2. The van der Waals surface area contributed by atoms with Crippen LogP contribution in [-0.4, -0.2) is 18.6 Å². The zero-order chi connectivity index (χ0) is 14.0. The van der Waals surface area contributed by atoms with Crippen LogP contribution >= 0.6 is 0 Å². The second kappa shape index (κ2) is 4.81. The molecule has 0 bridgehead atoms. The fourth-order valence-corrected chi connectivity index (χ4v) is 2.36. The lowest BCUT2D eigenvalue weighted by Crippen LogP contribution is -2.09. The Bertz CT molecular complexity index is 689. The first-order valence-corrected chi connectivity index (χ1v) is 6.82. The molecule has 2 rings (SSSR count). The van der Waals surface area contributed by atoms with Crippen molar-refractivity contribution in [3.63, 3.8) is 0 Å². The molecule has 0 spiro atoms. The third-order valence-corrected chi connectivity index (χ3v) is 3.72.